The summed E-state index contributed by atoms with van der Waals surface area (Å²) in [6, 6.07) is 10.0. The highest BCUT2D eigenvalue weighted by molar-refractivity contribution is 7.90. The summed E-state index contributed by atoms with van der Waals surface area (Å²) >= 11 is 0. The van der Waals surface area contributed by atoms with Crippen LogP contribution in [0.15, 0.2) is 53.6 Å². The smallest absolute Gasteiger partial charge is 0.268 e. The summed E-state index contributed by atoms with van der Waals surface area (Å²) < 4.78 is 41.5. The first-order chi connectivity index (χ1) is 16.0. The van der Waals surface area contributed by atoms with Crippen LogP contribution < -0.4 is 15.4 Å². The van der Waals surface area contributed by atoms with E-state index in [9.17, 15) is 17.6 Å². The first kappa shape index (κ1) is 23.6. The number of carbonyl (C=O) groups excluding carboxylic acids is 1. The van der Waals surface area contributed by atoms with E-state index in [-0.39, 0.29) is 21.8 Å². The SMILES string of the molecule is CC1CCN(c2nc(-c3cccc(F)n3)ccc2C(=O)NS(=O)(=O)c2cccnc2N)C1(C)C. The van der Waals surface area contributed by atoms with Crippen molar-refractivity contribution in [3.63, 3.8) is 0 Å². The second-order valence-corrected chi connectivity index (χ2v) is 10.4. The van der Waals surface area contributed by atoms with Gasteiger partial charge < -0.3 is 10.6 Å². The van der Waals surface area contributed by atoms with Gasteiger partial charge in [0.15, 0.2) is 0 Å². The number of nitrogens with two attached hydrogens (primary N) is 1. The number of sulfonamides is 1. The van der Waals surface area contributed by atoms with Crippen LogP contribution in [0.4, 0.5) is 16.0 Å². The second-order valence-electron chi connectivity index (χ2n) is 8.73. The fourth-order valence-electron chi connectivity index (χ4n) is 4.00. The topological polar surface area (TPSA) is 131 Å². The van der Waals surface area contributed by atoms with Gasteiger partial charge in [0, 0.05) is 18.3 Å². The van der Waals surface area contributed by atoms with Crippen molar-refractivity contribution < 1.29 is 17.6 Å². The third kappa shape index (κ3) is 4.30. The third-order valence-electron chi connectivity index (χ3n) is 6.36. The fraction of sp³-hybridized carbons (Fsp3) is 0.304. The third-order valence-corrected chi connectivity index (χ3v) is 7.74. The Morgan fingerprint density at radius 3 is 2.53 bits per heavy atom. The summed E-state index contributed by atoms with van der Waals surface area (Å²) in [5, 5.41) is 0. The molecule has 34 heavy (non-hydrogen) atoms. The lowest BCUT2D eigenvalue weighted by Crippen LogP contribution is -2.43. The molecule has 0 saturated carbocycles. The van der Waals surface area contributed by atoms with Gasteiger partial charge in [0.2, 0.25) is 5.95 Å². The van der Waals surface area contributed by atoms with Gasteiger partial charge in [-0.05, 0) is 62.6 Å². The van der Waals surface area contributed by atoms with Crippen molar-refractivity contribution in [2.75, 3.05) is 17.2 Å². The van der Waals surface area contributed by atoms with Crippen LogP contribution >= 0.6 is 0 Å². The van der Waals surface area contributed by atoms with Crippen molar-refractivity contribution in [2.45, 2.75) is 37.6 Å². The van der Waals surface area contributed by atoms with E-state index in [1.165, 1.54) is 42.6 Å². The zero-order valence-corrected chi connectivity index (χ0v) is 19.8. The van der Waals surface area contributed by atoms with Crippen LogP contribution in [-0.2, 0) is 10.0 Å². The average molecular weight is 485 g/mol. The predicted molar refractivity (Wildman–Crippen MR) is 126 cm³/mol. The lowest BCUT2D eigenvalue weighted by atomic mass is 9.90. The molecule has 3 N–H and O–H groups in total. The standard InChI is InChI=1S/C23H25FN6O3S/c1-14-11-13-30(23(14,2)3)21-15(9-10-17(28-21)16-6-4-8-19(24)27-16)22(31)29-34(32,33)18-7-5-12-26-20(18)25/h4-10,12,14H,11,13H2,1-3H3,(H2,25,26)(H,29,31). The van der Waals surface area contributed by atoms with Crippen molar-refractivity contribution >= 4 is 27.6 Å². The molecule has 11 heteroatoms. The van der Waals surface area contributed by atoms with Crippen LogP contribution in [0.3, 0.4) is 0 Å². The molecule has 0 spiro atoms. The molecule has 1 amide bonds. The number of halogens is 1. The van der Waals surface area contributed by atoms with Crippen molar-refractivity contribution in [1.29, 1.82) is 0 Å². The monoisotopic (exact) mass is 484 g/mol. The highest BCUT2D eigenvalue weighted by Gasteiger charge is 2.41. The van der Waals surface area contributed by atoms with Gasteiger partial charge >= 0.3 is 0 Å². The van der Waals surface area contributed by atoms with Crippen molar-refractivity contribution in [1.82, 2.24) is 19.7 Å². The molecule has 0 bridgehead atoms. The molecule has 3 aromatic heterocycles. The van der Waals surface area contributed by atoms with Crippen LogP contribution in [0.25, 0.3) is 11.4 Å². The molecule has 4 heterocycles. The lowest BCUT2D eigenvalue weighted by Gasteiger charge is -2.36. The number of aromatic nitrogens is 3. The largest absolute Gasteiger partial charge is 0.383 e. The molecule has 0 aromatic carbocycles. The molecule has 1 saturated heterocycles. The van der Waals surface area contributed by atoms with Crippen molar-refractivity contribution in [3.05, 3.63) is 60.2 Å². The minimum Gasteiger partial charge on any atom is -0.383 e. The predicted octanol–water partition coefficient (Wildman–Crippen LogP) is 3.00. The van der Waals surface area contributed by atoms with Gasteiger partial charge in [-0.15, -0.1) is 0 Å². The molecule has 1 unspecified atom stereocenters. The van der Waals surface area contributed by atoms with Gasteiger partial charge in [0.05, 0.1) is 17.0 Å². The van der Waals surface area contributed by atoms with Gasteiger partial charge in [0.25, 0.3) is 15.9 Å². The van der Waals surface area contributed by atoms with Crippen LogP contribution in [0.5, 0.6) is 0 Å². The summed E-state index contributed by atoms with van der Waals surface area (Å²) in [6.07, 6.45) is 2.22. The van der Waals surface area contributed by atoms with Gasteiger partial charge in [0.1, 0.15) is 16.5 Å². The number of hydrogen-bond donors (Lipinski definition) is 2. The summed E-state index contributed by atoms with van der Waals surface area (Å²) in [6.45, 7) is 6.79. The maximum atomic E-state index is 13.7. The van der Waals surface area contributed by atoms with Gasteiger partial charge in [-0.1, -0.05) is 13.0 Å². The molecule has 9 nitrogen and oxygen atoms in total. The highest BCUT2D eigenvalue weighted by Crippen LogP contribution is 2.39. The lowest BCUT2D eigenvalue weighted by molar-refractivity contribution is 0.0981. The number of nitrogens with one attached hydrogen (secondary N) is 1. The number of anilines is 2. The number of hydrogen-bond acceptors (Lipinski definition) is 8. The Bertz CT molecular complexity index is 1360. The Hall–Kier alpha value is -3.60. The van der Waals surface area contributed by atoms with E-state index in [1.54, 1.807) is 6.07 Å². The Labute approximate surface area is 197 Å². The molecule has 1 aliphatic heterocycles. The Morgan fingerprint density at radius 1 is 1.15 bits per heavy atom. The van der Waals surface area contributed by atoms with Crippen LogP contribution in [0.1, 0.15) is 37.6 Å². The molecular formula is C23H25FN6O3S. The number of nitrogen functional groups attached to an aromatic ring is 1. The van der Waals surface area contributed by atoms with Crippen molar-refractivity contribution in [3.8, 4) is 11.4 Å². The second kappa shape index (κ2) is 8.64. The zero-order chi connectivity index (χ0) is 24.7. The Balaban J connectivity index is 1.79. The summed E-state index contributed by atoms with van der Waals surface area (Å²) in [5.41, 5.74) is 6.06. The van der Waals surface area contributed by atoms with E-state index in [0.717, 1.165) is 6.42 Å². The quantitative estimate of drug-likeness (QED) is 0.529. The molecule has 1 atom stereocenters. The Kier molecular flexibility index (Phi) is 5.98. The van der Waals surface area contributed by atoms with Crippen LogP contribution in [-0.4, -0.2) is 41.4 Å². The summed E-state index contributed by atoms with van der Waals surface area (Å²) in [7, 11) is -4.28. The average Bonchev–Trinajstić information content (AvgIpc) is 3.05. The van der Waals surface area contributed by atoms with E-state index >= 15 is 0 Å². The maximum absolute atomic E-state index is 13.7. The number of pyridine rings is 3. The molecule has 1 aliphatic rings. The first-order valence-corrected chi connectivity index (χ1v) is 12.2. The molecule has 3 aromatic rings. The number of nitrogens with zero attached hydrogens (tertiary/aromatic N) is 4. The van der Waals surface area contributed by atoms with Crippen molar-refractivity contribution in [2.24, 2.45) is 5.92 Å². The molecule has 0 aliphatic carbocycles. The normalized spacial score (nSPS) is 17.5. The van der Waals surface area contributed by atoms with Crippen LogP contribution in [0.2, 0.25) is 0 Å². The van der Waals surface area contributed by atoms with E-state index in [4.69, 9.17) is 5.73 Å². The maximum Gasteiger partial charge on any atom is 0.268 e. The number of amides is 1. The summed E-state index contributed by atoms with van der Waals surface area (Å²) in [5.74, 6) is -1.15. The molecular weight excluding hydrogens is 459 g/mol. The zero-order valence-electron chi connectivity index (χ0n) is 19.0. The van der Waals surface area contributed by atoms with E-state index in [0.29, 0.717) is 29.7 Å². The molecule has 178 valence electrons. The van der Waals surface area contributed by atoms with Crippen LogP contribution in [0, 0.1) is 11.9 Å². The fourth-order valence-corrected chi connectivity index (χ4v) is 5.05. The number of carbonyl (C=O) groups is 1. The van der Waals surface area contributed by atoms with E-state index in [1.807, 2.05) is 18.7 Å². The van der Waals surface area contributed by atoms with Gasteiger partial charge in [-0.2, -0.15) is 4.39 Å². The highest BCUT2D eigenvalue weighted by atomic mass is 32.2. The minimum absolute atomic E-state index is 0.0633. The molecule has 0 radical (unpaired) electrons. The molecule has 4 rings (SSSR count). The molecule has 1 fully saturated rings. The van der Waals surface area contributed by atoms with Gasteiger partial charge in [-0.3, -0.25) is 4.79 Å². The minimum atomic E-state index is -4.28. The van der Waals surface area contributed by atoms with E-state index < -0.39 is 21.9 Å². The summed E-state index contributed by atoms with van der Waals surface area (Å²) in [4.78, 5) is 27.2. The van der Waals surface area contributed by atoms with Gasteiger partial charge in [-0.25, -0.2) is 28.1 Å². The van der Waals surface area contributed by atoms with E-state index in [2.05, 4.69) is 26.6 Å². The number of rotatable bonds is 5. The Morgan fingerprint density at radius 2 is 1.88 bits per heavy atom. The first-order valence-electron chi connectivity index (χ1n) is 10.7.